The largest absolute Gasteiger partial charge is 0.466 e. The van der Waals surface area contributed by atoms with Crippen LogP contribution in [-0.2, 0) is 14.3 Å². The van der Waals surface area contributed by atoms with Crippen molar-refractivity contribution in [2.45, 2.75) is 39.5 Å². The molecular weight excluding hydrogens is 280 g/mol. The Morgan fingerprint density at radius 1 is 1.09 bits per heavy atom. The van der Waals surface area contributed by atoms with Crippen LogP contribution in [-0.4, -0.2) is 25.2 Å². The lowest BCUT2D eigenvalue weighted by atomic mass is 10.1. The monoisotopic (exact) mass is 304 g/mol. The lowest BCUT2D eigenvalue weighted by Crippen LogP contribution is -2.07. The van der Waals surface area contributed by atoms with Gasteiger partial charge in [0.25, 0.3) is 0 Å². The molecule has 0 aliphatic rings. The van der Waals surface area contributed by atoms with Crippen molar-refractivity contribution in [1.29, 1.82) is 0 Å². The van der Waals surface area contributed by atoms with Crippen LogP contribution >= 0.6 is 0 Å². The molecule has 4 nitrogen and oxygen atoms in total. The van der Waals surface area contributed by atoms with E-state index < -0.39 is 0 Å². The summed E-state index contributed by atoms with van der Waals surface area (Å²) in [5.41, 5.74) is 1.68. The first-order valence-corrected chi connectivity index (χ1v) is 7.67. The molecule has 0 atom stereocenters. The number of hydrogen-bond donors (Lipinski definition) is 0. The van der Waals surface area contributed by atoms with Gasteiger partial charge in [-0.2, -0.15) is 0 Å². The van der Waals surface area contributed by atoms with Gasteiger partial charge in [0.05, 0.1) is 12.2 Å². The highest BCUT2D eigenvalue weighted by Crippen LogP contribution is 2.08. The van der Waals surface area contributed by atoms with Gasteiger partial charge in [0.15, 0.2) is 0 Å². The first-order valence-electron chi connectivity index (χ1n) is 7.67. The minimum absolute atomic E-state index is 0.238. The van der Waals surface area contributed by atoms with Gasteiger partial charge in [-0.3, -0.25) is 4.79 Å². The molecule has 0 aromatic heterocycles. The summed E-state index contributed by atoms with van der Waals surface area (Å²) in [6, 6.07) is 8.98. The van der Waals surface area contributed by atoms with Gasteiger partial charge in [0.1, 0.15) is 6.61 Å². The summed E-state index contributed by atoms with van der Waals surface area (Å²) in [5.74, 6) is -0.535. The number of allylic oxidation sites excluding steroid dienone is 1. The Hall–Kier alpha value is -2.10. The van der Waals surface area contributed by atoms with Gasteiger partial charge in [0.2, 0.25) is 0 Å². The predicted octanol–water partition coefficient (Wildman–Crippen LogP) is 3.91. The van der Waals surface area contributed by atoms with Crippen molar-refractivity contribution < 1.29 is 19.1 Å². The SMILES string of the molecule is CC/C(=C\CCCCOC(C)=O)COC(=O)c1ccccc1. The number of rotatable bonds is 9. The molecule has 120 valence electrons. The molecule has 0 heterocycles. The average molecular weight is 304 g/mol. The van der Waals surface area contributed by atoms with Crippen molar-refractivity contribution in [2.75, 3.05) is 13.2 Å². The maximum absolute atomic E-state index is 11.8. The first kappa shape index (κ1) is 18.0. The Labute approximate surface area is 132 Å². The Morgan fingerprint density at radius 2 is 1.82 bits per heavy atom. The van der Waals surface area contributed by atoms with E-state index in [2.05, 4.69) is 6.08 Å². The Balaban J connectivity index is 2.27. The lowest BCUT2D eigenvalue weighted by Gasteiger charge is -2.07. The van der Waals surface area contributed by atoms with E-state index in [4.69, 9.17) is 9.47 Å². The first-order chi connectivity index (χ1) is 10.6. The van der Waals surface area contributed by atoms with Crippen molar-refractivity contribution in [3.63, 3.8) is 0 Å². The van der Waals surface area contributed by atoms with Crippen LogP contribution in [0.15, 0.2) is 42.0 Å². The smallest absolute Gasteiger partial charge is 0.338 e. The zero-order valence-corrected chi connectivity index (χ0v) is 13.3. The highest BCUT2D eigenvalue weighted by Gasteiger charge is 2.06. The summed E-state index contributed by atoms with van der Waals surface area (Å²) in [6.45, 7) is 4.25. The summed E-state index contributed by atoms with van der Waals surface area (Å²) >= 11 is 0. The van der Waals surface area contributed by atoms with Crippen LogP contribution in [0.3, 0.4) is 0 Å². The maximum atomic E-state index is 11.8. The fourth-order valence-corrected chi connectivity index (χ4v) is 1.89. The van der Waals surface area contributed by atoms with Crippen LogP contribution in [0, 0.1) is 0 Å². The van der Waals surface area contributed by atoms with Crippen molar-refractivity contribution in [2.24, 2.45) is 0 Å². The summed E-state index contributed by atoms with van der Waals surface area (Å²) in [5, 5.41) is 0. The molecule has 0 spiro atoms. The van der Waals surface area contributed by atoms with Crippen molar-refractivity contribution in [3.05, 3.63) is 47.5 Å². The van der Waals surface area contributed by atoms with Gasteiger partial charge in [-0.25, -0.2) is 4.79 Å². The van der Waals surface area contributed by atoms with E-state index in [0.29, 0.717) is 18.8 Å². The fraction of sp³-hybridized carbons (Fsp3) is 0.444. The van der Waals surface area contributed by atoms with Crippen LogP contribution in [0.25, 0.3) is 0 Å². The molecule has 0 amide bonds. The van der Waals surface area contributed by atoms with E-state index in [9.17, 15) is 9.59 Å². The third kappa shape index (κ3) is 7.62. The summed E-state index contributed by atoms with van der Waals surface area (Å²) in [7, 11) is 0. The number of ether oxygens (including phenoxy) is 2. The molecule has 0 saturated carbocycles. The number of hydrogen-bond acceptors (Lipinski definition) is 4. The molecule has 0 aliphatic carbocycles. The molecule has 1 aromatic carbocycles. The van der Waals surface area contributed by atoms with Gasteiger partial charge in [0, 0.05) is 6.92 Å². The molecule has 0 aliphatic heterocycles. The summed E-state index contributed by atoms with van der Waals surface area (Å²) in [4.78, 5) is 22.5. The number of benzene rings is 1. The molecule has 0 saturated heterocycles. The summed E-state index contributed by atoms with van der Waals surface area (Å²) < 4.78 is 10.2. The minimum Gasteiger partial charge on any atom is -0.466 e. The average Bonchev–Trinajstić information content (AvgIpc) is 2.53. The highest BCUT2D eigenvalue weighted by atomic mass is 16.5. The van der Waals surface area contributed by atoms with Gasteiger partial charge in [-0.1, -0.05) is 31.2 Å². The third-order valence-corrected chi connectivity index (χ3v) is 3.19. The van der Waals surface area contributed by atoms with E-state index in [-0.39, 0.29) is 11.9 Å². The van der Waals surface area contributed by atoms with Crippen LogP contribution in [0.1, 0.15) is 49.9 Å². The zero-order valence-electron chi connectivity index (χ0n) is 13.3. The predicted molar refractivity (Wildman–Crippen MR) is 85.6 cm³/mol. The minimum atomic E-state index is -0.296. The van der Waals surface area contributed by atoms with Crippen molar-refractivity contribution in [3.8, 4) is 0 Å². The second kappa shape index (κ2) is 10.6. The van der Waals surface area contributed by atoms with Crippen LogP contribution < -0.4 is 0 Å². The third-order valence-electron chi connectivity index (χ3n) is 3.19. The number of carbonyl (C=O) groups excluding carboxylic acids is 2. The van der Waals surface area contributed by atoms with Crippen LogP contribution in [0.5, 0.6) is 0 Å². The zero-order chi connectivity index (χ0) is 16.2. The standard InChI is InChI=1S/C18H24O4/c1-3-16(10-6-5-9-13-21-15(2)19)14-22-18(20)17-11-7-4-8-12-17/h4,7-8,10-12H,3,5-6,9,13-14H2,1-2H3/b16-10+. The van der Waals surface area contributed by atoms with Gasteiger partial charge < -0.3 is 9.47 Å². The topological polar surface area (TPSA) is 52.6 Å². The van der Waals surface area contributed by atoms with Crippen molar-refractivity contribution in [1.82, 2.24) is 0 Å². The Kier molecular flexibility index (Phi) is 8.65. The molecule has 22 heavy (non-hydrogen) atoms. The molecule has 1 aromatic rings. The van der Waals surface area contributed by atoms with Gasteiger partial charge in [-0.15, -0.1) is 0 Å². The quantitative estimate of drug-likeness (QED) is 0.394. The van der Waals surface area contributed by atoms with Gasteiger partial charge >= 0.3 is 11.9 Å². The number of unbranched alkanes of at least 4 members (excludes halogenated alkanes) is 2. The normalized spacial score (nSPS) is 11.1. The Morgan fingerprint density at radius 3 is 2.45 bits per heavy atom. The van der Waals surface area contributed by atoms with E-state index >= 15 is 0 Å². The van der Waals surface area contributed by atoms with E-state index in [1.54, 1.807) is 12.1 Å². The molecule has 0 fully saturated rings. The second-order valence-corrected chi connectivity index (χ2v) is 4.99. The van der Waals surface area contributed by atoms with E-state index in [1.807, 2.05) is 25.1 Å². The molecule has 1 rings (SSSR count). The molecule has 0 radical (unpaired) electrons. The van der Waals surface area contributed by atoms with Crippen molar-refractivity contribution >= 4 is 11.9 Å². The molecule has 0 unspecified atom stereocenters. The van der Waals surface area contributed by atoms with Crippen LogP contribution in [0.2, 0.25) is 0 Å². The molecular formula is C18H24O4. The molecule has 4 heteroatoms. The Bertz CT molecular complexity index is 491. The number of carbonyl (C=O) groups is 2. The lowest BCUT2D eigenvalue weighted by molar-refractivity contribution is -0.141. The van der Waals surface area contributed by atoms with E-state index in [1.165, 1.54) is 6.92 Å². The van der Waals surface area contributed by atoms with Gasteiger partial charge in [-0.05, 0) is 43.4 Å². The highest BCUT2D eigenvalue weighted by molar-refractivity contribution is 5.89. The molecule has 0 N–H and O–H groups in total. The fourth-order valence-electron chi connectivity index (χ4n) is 1.89. The molecule has 0 bridgehead atoms. The van der Waals surface area contributed by atoms with Crippen LogP contribution in [0.4, 0.5) is 0 Å². The second-order valence-electron chi connectivity index (χ2n) is 4.99. The maximum Gasteiger partial charge on any atom is 0.338 e. The van der Waals surface area contributed by atoms with E-state index in [0.717, 1.165) is 31.3 Å². The number of esters is 2. The summed E-state index contributed by atoms with van der Waals surface area (Å²) in [6.07, 6.45) is 5.64.